The first-order valence-electron chi connectivity index (χ1n) is 10.1. The predicted octanol–water partition coefficient (Wildman–Crippen LogP) is 4.23. The van der Waals surface area contributed by atoms with Crippen molar-refractivity contribution in [2.24, 2.45) is 5.92 Å². The Hall–Kier alpha value is -2.37. The van der Waals surface area contributed by atoms with Crippen LogP contribution in [-0.4, -0.2) is 37.6 Å². The summed E-state index contributed by atoms with van der Waals surface area (Å²) in [6.07, 6.45) is 5.71. The van der Waals surface area contributed by atoms with Gasteiger partial charge in [-0.2, -0.15) is 0 Å². The number of carbonyl (C=O) groups is 3. The standard InChI is InChI=1S/C22H31NO5/c1-16(2)14-28-22(26)23-13-12-21(25)27-15-20(24)19-10-8-18(9-11-19)17-6-4-3-5-7-17/h8-11,16-17H,3-7,12-15H2,1-2H3,(H,23,26). The Kier molecular flexibility index (Phi) is 8.98. The largest absolute Gasteiger partial charge is 0.457 e. The lowest BCUT2D eigenvalue weighted by atomic mass is 9.84. The van der Waals surface area contributed by atoms with Gasteiger partial charge in [0.05, 0.1) is 13.0 Å². The van der Waals surface area contributed by atoms with Crippen LogP contribution in [0.25, 0.3) is 0 Å². The molecule has 0 saturated heterocycles. The van der Waals surface area contributed by atoms with Crippen molar-refractivity contribution >= 4 is 17.8 Å². The second-order valence-electron chi connectivity index (χ2n) is 7.71. The van der Waals surface area contributed by atoms with Gasteiger partial charge in [0, 0.05) is 12.1 Å². The summed E-state index contributed by atoms with van der Waals surface area (Å²) in [4.78, 5) is 35.3. The molecule has 6 nitrogen and oxygen atoms in total. The molecule has 0 aliphatic heterocycles. The van der Waals surface area contributed by atoms with Crippen LogP contribution in [0.1, 0.15) is 74.2 Å². The Bertz CT molecular complexity index is 647. The minimum absolute atomic E-state index is 0.00925. The zero-order chi connectivity index (χ0) is 20.4. The van der Waals surface area contributed by atoms with Gasteiger partial charge in [-0.25, -0.2) is 4.79 Å². The third-order valence-electron chi connectivity index (χ3n) is 4.82. The third-order valence-corrected chi connectivity index (χ3v) is 4.82. The molecule has 0 spiro atoms. The molecule has 1 amide bonds. The normalized spacial score (nSPS) is 14.5. The zero-order valence-corrected chi connectivity index (χ0v) is 16.9. The van der Waals surface area contributed by atoms with Gasteiger partial charge in [-0.15, -0.1) is 0 Å². The van der Waals surface area contributed by atoms with E-state index in [4.69, 9.17) is 9.47 Å². The number of hydrogen-bond donors (Lipinski definition) is 1. The van der Waals surface area contributed by atoms with Gasteiger partial charge in [0.2, 0.25) is 0 Å². The van der Waals surface area contributed by atoms with Crippen molar-refractivity contribution < 1.29 is 23.9 Å². The quantitative estimate of drug-likeness (QED) is 0.505. The predicted molar refractivity (Wildman–Crippen MR) is 106 cm³/mol. The SMILES string of the molecule is CC(C)COC(=O)NCCC(=O)OCC(=O)c1ccc(C2CCCCC2)cc1. The van der Waals surface area contributed by atoms with E-state index in [-0.39, 0.29) is 31.3 Å². The van der Waals surface area contributed by atoms with Gasteiger partial charge in [-0.3, -0.25) is 9.59 Å². The number of amides is 1. The van der Waals surface area contributed by atoms with Crippen molar-refractivity contribution in [3.8, 4) is 0 Å². The summed E-state index contributed by atoms with van der Waals surface area (Å²) < 4.78 is 9.94. The molecule has 2 rings (SSSR count). The summed E-state index contributed by atoms with van der Waals surface area (Å²) in [6.45, 7) is 4.01. The number of rotatable bonds is 9. The Balaban J connectivity index is 1.67. The van der Waals surface area contributed by atoms with Crippen molar-refractivity contribution in [2.45, 2.75) is 58.3 Å². The number of esters is 1. The van der Waals surface area contributed by atoms with E-state index in [0.29, 0.717) is 18.1 Å². The van der Waals surface area contributed by atoms with E-state index < -0.39 is 12.1 Å². The summed E-state index contributed by atoms with van der Waals surface area (Å²) in [5.41, 5.74) is 1.83. The molecule has 1 N–H and O–H groups in total. The molecule has 0 bridgehead atoms. The molecule has 1 aromatic carbocycles. The van der Waals surface area contributed by atoms with Crippen LogP contribution in [0.2, 0.25) is 0 Å². The third kappa shape index (κ3) is 7.71. The van der Waals surface area contributed by atoms with E-state index in [1.54, 1.807) is 0 Å². The van der Waals surface area contributed by atoms with Crippen molar-refractivity contribution in [1.82, 2.24) is 5.32 Å². The van der Waals surface area contributed by atoms with E-state index >= 15 is 0 Å². The maximum atomic E-state index is 12.2. The van der Waals surface area contributed by atoms with Gasteiger partial charge in [0.15, 0.2) is 12.4 Å². The Morgan fingerprint density at radius 1 is 1.04 bits per heavy atom. The van der Waals surface area contributed by atoms with Crippen LogP contribution >= 0.6 is 0 Å². The van der Waals surface area contributed by atoms with Crippen LogP contribution in [0.15, 0.2) is 24.3 Å². The Morgan fingerprint density at radius 3 is 2.36 bits per heavy atom. The lowest BCUT2D eigenvalue weighted by Crippen LogP contribution is -2.28. The van der Waals surface area contributed by atoms with Crippen molar-refractivity contribution in [3.05, 3.63) is 35.4 Å². The van der Waals surface area contributed by atoms with Crippen LogP contribution in [0, 0.1) is 5.92 Å². The van der Waals surface area contributed by atoms with E-state index in [2.05, 4.69) is 5.32 Å². The number of carbonyl (C=O) groups excluding carboxylic acids is 3. The average molecular weight is 389 g/mol. The van der Waals surface area contributed by atoms with Crippen molar-refractivity contribution in [2.75, 3.05) is 19.8 Å². The van der Waals surface area contributed by atoms with Gasteiger partial charge in [-0.1, -0.05) is 57.4 Å². The van der Waals surface area contributed by atoms with E-state index in [1.165, 1.54) is 37.7 Å². The maximum Gasteiger partial charge on any atom is 0.407 e. The molecule has 154 valence electrons. The number of nitrogens with one attached hydrogen (secondary N) is 1. The Labute approximate surface area is 167 Å². The fraction of sp³-hybridized carbons (Fsp3) is 0.591. The summed E-state index contributed by atoms with van der Waals surface area (Å²) in [6, 6.07) is 7.65. The summed E-state index contributed by atoms with van der Waals surface area (Å²) in [5, 5.41) is 2.48. The fourth-order valence-corrected chi connectivity index (χ4v) is 3.24. The smallest absolute Gasteiger partial charge is 0.407 e. The first-order chi connectivity index (χ1) is 13.5. The summed E-state index contributed by atoms with van der Waals surface area (Å²) >= 11 is 0. The van der Waals surface area contributed by atoms with E-state index in [9.17, 15) is 14.4 Å². The molecule has 1 aliphatic rings. The molecule has 0 heterocycles. The molecular weight excluding hydrogens is 358 g/mol. The average Bonchev–Trinajstić information content (AvgIpc) is 2.71. The minimum Gasteiger partial charge on any atom is -0.457 e. The number of hydrogen-bond acceptors (Lipinski definition) is 5. The van der Waals surface area contributed by atoms with Gasteiger partial charge < -0.3 is 14.8 Å². The second kappa shape index (κ2) is 11.5. The van der Waals surface area contributed by atoms with Gasteiger partial charge in [0.25, 0.3) is 0 Å². The van der Waals surface area contributed by atoms with Gasteiger partial charge >= 0.3 is 12.1 Å². The molecule has 1 saturated carbocycles. The Morgan fingerprint density at radius 2 is 1.71 bits per heavy atom. The lowest BCUT2D eigenvalue weighted by Gasteiger charge is -2.22. The first-order valence-corrected chi connectivity index (χ1v) is 10.1. The van der Waals surface area contributed by atoms with Crippen LogP contribution in [0.3, 0.4) is 0 Å². The zero-order valence-electron chi connectivity index (χ0n) is 16.9. The second-order valence-corrected chi connectivity index (χ2v) is 7.71. The lowest BCUT2D eigenvalue weighted by molar-refractivity contribution is -0.142. The topological polar surface area (TPSA) is 81.7 Å². The number of alkyl carbamates (subject to hydrolysis) is 1. The van der Waals surface area contributed by atoms with Gasteiger partial charge in [-0.05, 0) is 30.2 Å². The van der Waals surface area contributed by atoms with Crippen LogP contribution < -0.4 is 5.32 Å². The van der Waals surface area contributed by atoms with Gasteiger partial charge in [0.1, 0.15) is 0 Å². The highest BCUT2D eigenvalue weighted by Gasteiger charge is 2.16. The molecule has 0 atom stereocenters. The highest BCUT2D eigenvalue weighted by atomic mass is 16.5. The van der Waals surface area contributed by atoms with Crippen LogP contribution in [-0.2, 0) is 14.3 Å². The monoisotopic (exact) mass is 389 g/mol. The van der Waals surface area contributed by atoms with Crippen LogP contribution in [0.4, 0.5) is 4.79 Å². The van der Waals surface area contributed by atoms with E-state index in [1.807, 2.05) is 38.1 Å². The molecule has 0 aromatic heterocycles. The van der Waals surface area contributed by atoms with Crippen molar-refractivity contribution in [1.29, 1.82) is 0 Å². The summed E-state index contributed by atoms with van der Waals surface area (Å²) in [7, 11) is 0. The molecular formula is C22H31NO5. The number of benzene rings is 1. The van der Waals surface area contributed by atoms with Crippen LogP contribution in [0.5, 0.6) is 0 Å². The first kappa shape index (κ1) is 21.9. The fourth-order valence-electron chi connectivity index (χ4n) is 3.24. The minimum atomic E-state index is -0.560. The van der Waals surface area contributed by atoms with Crippen molar-refractivity contribution in [3.63, 3.8) is 0 Å². The van der Waals surface area contributed by atoms with E-state index in [0.717, 1.165) is 0 Å². The maximum absolute atomic E-state index is 12.2. The highest BCUT2D eigenvalue weighted by molar-refractivity contribution is 5.98. The number of ether oxygens (including phenoxy) is 2. The number of Topliss-reactive ketones (excluding diaryl/α,β-unsaturated/α-hetero) is 1. The molecule has 28 heavy (non-hydrogen) atoms. The molecule has 1 aromatic rings. The summed E-state index contributed by atoms with van der Waals surface area (Å²) in [5.74, 6) is 0.0816. The molecule has 6 heteroatoms. The number of ketones is 1. The molecule has 0 radical (unpaired) electrons. The molecule has 1 fully saturated rings. The molecule has 0 unspecified atom stereocenters. The molecule has 1 aliphatic carbocycles. The highest BCUT2D eigenvalue weighted by Crippen LogP contribution is 2.32.